The summed E-state index contributed by atoms with van der Waals surface area (Å²) in [6.45, 7) is 1.54. The third-order valence-corrected chi connectivity index (χ3v) is 5.45. The minimum absolute atomic E-state index is 0.0860. The van der Waals surface area contributed by atoms with Gasteiger partial charge in [-0.05, 0) is 48.9 Å². The maximum absolute atomic E-state index is 13.4. The fraction of sp³-hybridized carbons (Fsp3) is 0.304. The number of amides is 1. The van der Waals surface area contributed by atoms with Crippen LogP contribution in [-0.4, -0.2) is 25.0 Å². The zero-order valence-electron chi connectivity index (χ0n) is 18.4. The van der Waals surface area contributed by atoms with Crippen molar-refractivity contribution < 1.29 is 53.8 Å². The highest BCUT2D eigenvalue weighted by molar-refractivity contribution is 6.31. The largest absolute Gasteiger partial charge is 0.452 e. The number of rotatable bonds is 3. The summed E-state index contributed by atoms with van der Waals surface area (Å²) in [6, 6.07) is 1.23. The van der Waals surface area contributed by atoms with Crippen LogP contribution < -0.4 is 4.90 Å². The molecule has 0 aromatic heterocycles. The lowest BCUT2D eigenvalue weighted by atomic mass is 9.87. The number of Topliss-reactive ketones (excluding diaryl/α,β-unsaturated/α-hetero) is 1. The molecule has 0 bridgehead atoms. The quantitative estimate of drug-likeness (QED) is 0.311. The number of alkyl halides is 9. The zero-order valence-corrected chi connectivity index (χ0v) is 18.4. The maximum Gasteiger partial charge on any atom is 0.416 e. The molecule has 1 amide bonds. The van der Waals surface area contributed by atoms with Crippen LogP contribution in [0.2, 0.25) is 0 Å². The molecule has 1 heterocycles. The molecule has 3 rings (SSSR count). The van der Waals surface area contributed by atoms with Gasteiger partial charge in [0.25, 0.3) is 0 Å². The molecule has 2 aromatic carbocycles. The van der Waals surface area contributed by atoms with Crippen LogP contribution in [0.1, 0.15) is 46.0 Å². The van der Waals surface area contributed by atoms with Crippen molar-refractivity contribution in [3.05, 3.63) is 70.3 Å². The average molecular weight is 525 g/mol. The standard InChI is InChI=1S/C23H16F9NO3/c1-3-15-10-17(16-9-12(21(24,25)26)4-5-18(16)33(15)20(35)36-2)19(34)11-6-13(22(27,28)29)8-14(7-11)23(30,31)32/h4-10,15H,3H2,1-2H3. The van der Waals surface area contributed by atoms with Gasteiger partial charge < -0.3 is 4.74 Å². The van der Waals surface area contributed by atoms with Crippen molar-refractivity contribution in [1.82, 2.24) is 0 Å². The van der Waals surface area contributed by atoms with Gasteiger partial charge in [-0.3, -0.25) is 9.69 Å². The van der Waals surface area contributed by atoms with Crippen LogP contribution in [-0.2, 0) is 23.3 Å². The topological polar surface area (TPSA) is 46.6 Å². The number of nitrogens with zero attached hydrogens (tertiary/aromatic N) is 1. The Balaban J connectivity index is 2.28. The average Bonchev–Trinajstić information content (AvgIpc) is 2.79. The molecule has 36 heavy (non-hydrogen) atoms. The fourth-order valence-electron chi connectivity index (χ4n) is 3.75. The Morgan fingerprint density at radius 3 is 1.81 bits per heavy atom. The van der Waals surface area contributed by atoms with Gasteiger partial charge in [0.15, 0.2) is 5.78 Å². The third kappa shape index (κ3) is 5.19. The van der Waals surface area contributed by atoms with Crippen LogP contribution in [0.5, 0.6) is 0 Å². The highest BCUT2D eigenvalue weighted by atomic mass is 19.4. The lowest BCUT2D eigenvalue weighted by Gasteiger charge is -2.34. The normalized spacial score (nSPS) is 16.4. The van der Waals surface area contributed by atoms with Gasteiger partial charge in [-0.1, -0.05) is 6.92 Å². The summed E-state index contributed by atoms with van der Waals surface area (Å²) in [5.41, 5.74) is -7.12. The number of anilines is 1. The van der Waals surface area contributed by atoms with Crippen molar-refractivity contribution in [2.45, 2.75) is 37.9 Å². The Bertz CT molecular complexity index is 1190. The first-order valence-corrected chi connectivity index (χ1v) is 10.1. The van der Waals surface area contributed by atoms with E-state index < -0.39 is 69.8 Å². The van der Waals surface area contributed by atoms with Crippen LogP contribution in [0.15, 0.2) is 42.5 Å². The highest BCUT2D eigenvalue weighted by Gasteiger charge is 2.40. The second-order valence-electron chi connectivity index (χ2n) is 7.75. The second kappa shape index (κ2) is 9.17. The van der Waals surface area contributed by atoms with Crippen molar-refractivity contribution in [2.24, 2.45) is 0 Å². The molecule has 0 fully saturated rings. The molecule has 0 radical (unpaired) electrons. The molecule has 1 unspecified atom stereocenters. The molecule has 4 nitrogen and oxygen atoms in total. The van der Waals surface area contributed by atoms with Gasteiger partial charge in [0.1, 0.15) is 0 Å². The summed E-state index contributed by atoms with van der Waals surface area (Å²) >= 11 is 0. The van der Waals surface area contributed by atoms with Gasteiger partial charge >= 0.3 is 24.6 Å². The van der Waals surface area contributed by atoms with E-state index in [1.807, 2.05) is 0 Å². The molecule has 0 N–H and O–H groups in total. The number of ketones is 1. The SMILES string of the molecule is CCC1C=C(C(=O)c2cc(C(F)(F)F)cc(C(F)(F)F)c2)c2cc(C(F)(F)F)ccc2N1C(=O)OC. The zero-order chi connectivity index (χ0) is 27.2. The monoisotopic (exact) mass is 525 g/mol. The van der Waals surface area contributed by atoms with Gasteiger partial charge in [0.05, 0.1) is 35.5 Å². The van der Waals surface area contributed by atoms with Crippen LogP contribution in [0.4, 0.5) is 50.0 Å². The van der Waals surface area contributed by atoms with Crippen LogP contribution in [0.25, 0.3) is 5.57 Å². The van der Waals surface area contributed by atoms with Gasteiger partial charge in [0.2, 0.25) is 0 Å². The van der Waals surface area contributed by atoms with E-state index in [4.69, 9.17) is 0 Å². The van der Waals surface area contributed by atoms with Gasteiger partial charge in [-0.25, -0.2) is 4.79 Å². The van der Waals surface area contributed by atoms with E-state index in [1.54, 1.807) is 6.92 Å². The number of fused-ring (bicyclic) bond motifs is 1. The molecule has 0 saturated carbocycles. The number of hydrogen-bond donors (Lipinski definition) is 0. The van der Waals surface area contributed by atoms with Crippen molar-refractivity contribution in [1.29, 1.82) is 0 Å². The molecule has 194 valence electrons. The first kappa shape index (κ1) is 27.1. The van der Waals surface area contributed by atoms with E-state index in [9.17, 15) is 49.1 Å². The van der Waals surface area contributed by atoms with Crippen LogP contribution in [0, 0.1) is 0 Å². The van der Waals surface area contributed by atoms with E-state index in [0.29, 0.717) is 12.1 Å². The Labute approximate surface area is 197 Å². The molecule has 0 aliphatic carbocycles. The fourth-order valence-corrected chi connectivity index (χ4v) is 3.75. The Hall–Kier alpha value is -3.51. The minimum atomic E-state index is -5.24. The van der Waals surface area contributed by atoms with E-state index in [0.717, 1.165) is 24.2 Å². The summed E-state index contributed by atoms with van der Waals surface area (Å²) in [5.74, 6) is -1.38. The predicted molar refractivity (Wildman–Crippen MR) is 109 cm³/mol. The van der Waals surface area contributed by atoms with E-state index in [1.165, 1.54) is 0 Å². The molecule has 2 aromatic rings. The van der Waals surface area contributed by atoms with Crippen LogP contribution in [0.3, 0.4) is 0 Å². The van der Waals surface area contributed by atoms with Gasteiger partial charge in [-0.2, -0.15) is 39.5 Å². The van der Waals surface area contributed by atoms with Crippen molar-refractivity contribution >= 4 is 23.1 Å². The first-order chi connectivity index (χ1) is 16.5. The van der Waals surface area contributed by atoms with E-state index >= 15 is 0 Å². The third-order valence-electron chi connectivity index (χ3n) is 5.45. The molecule has 0 spiro atoms. The number of allylic oxidation sites excluding steroid dienone is 1. The van der Waals surface area contributed by atoms with E-state index in [2.05, 4.69) is 4.74 Å². The summed E-state index contributed by atoms with van der Waals surface area (Å²) < 4.78 is 125. The second-order valence-corrected chi connectivity index (χ2v) is 7.75. The number of carbonyl (C=O) groups excluding carboxylic acids is 2. The Morgan fingerprint density at radius 1 is 0.833 bits per heavy atom. The molecule has 0 saturated heterocycles. The molecule has 1 aliphatic rings. The predicted octanol–water partition coefficient (Wildman–Crippen LogP) is 7.37. The molecule has 1 aliphatic heterocycles. The van der Waals surface area contributed by atoms with Crippen molar-refractivity contribution in [3.8, 4) is 0 Å². The Kier molecular flexibility index (Phi) is 6.90. The first-order valence-electron chi connectivity index (χ1n) is 10.1. The lowest BCUT2D eigenvalue weighted by molar-refractivity contribution is -0.143. The molecular weight excluding hydrogens is 509 g/mol. The maximum atomic E-state index is 13.4. The number of halogens is 9. The number of ether oxygens (including phenoxy) is 1. The summed E-state index contributed by atoms with van der Waals surface area (Å²) in [7, 11) is 1.00. The summed E-state index contributed by atoms with van der Waals surface area (Å²) in [6.07, 6.45) is -15.3. The smallest absolute Gasteiger partial charge is 0.416 e. The Morgan fingerprint density at radius 2 is 1.36 bits per heavy atom. The summed E-state index contributed by atoms with van der Waals surface area (Å²) in [4.78, 5) is 26.6. The van der Waals surface area contributed by atoms with Crippen molar-refractivity contribution in [2.75, 3.05) is 12.0 Å². The molecular formula is C23H16F9NO3. The highest BCUT2D eigenvalue weighted by Crippen LogP contribution is 2.42. The number of hydrogen-bond acceptors (Lipinski definition) is 3. The molecule has 13 heteroatoms. The number of methoxy groups -OCH3 is 1. The summed E-state index contributed by atoms with van der Waals surface area (Å²) in [5, 5.41) is 0. The van der Waals surface area contributed by atoms with Gasteiger partial charge in [-0.15, -0.1) is 0 Å². The lowest BCUT2D eigenvalue weighted by Crippen LogP contribution is -2.42. The van der Waals surface area contributed by atoms with Gasteiger partial charge in [0, 0.05) is 16.7 Å². The van der Waals surface area contributed by atoms with Crippen molar-refractivity contribution in [3.63, 3.8) is 0 Å². The minimum Gasteiger partial charge on any atom is -0.452 e. The number of carbonyl (C=O) groups is 2. The number of benzene rings is 2. The van der Waals surface area contributed by atoms with E-state index in [-0.39, 0.29) is 30.3 Å². The van der Waals surface area contributed by atoms with Crippen LogP contribution >= 0.6 is 0 Å². The molecule has 1 atom stereocenters.